The first-order chi connectivity index (χ1) is 5.20. The van der Waals surface area contributed by atoms with Gasteiger partial charge in [-0.25, -0.2) is 0 Å². The molecule has 4 nitrogen and oxygen atoms in total. The number of aliphatic imine (C=N–C) groups is 1. The summed E-state index contributed by atoms with van der Waals surface area (Å²) < 4.78 is 5.10. The van der Waals surface area contributed by atoms with Crippen molar-refractivity contribution in [1.29, 1.82) is 0 Å². The topological polar surface area (TPSA) is 64.7 Å². The van der Waals surface area contributed by atoms with Gasteiger partial charge in [-0.1, -0.05) is 0 Å². The molecule has 4 heteroatoms. The number of carbonyl (C=O) groups excluding carboxylic acids is 1. The zero-order chi connectivity index (χ0) is 8.27. The van der Waals surface area contributed by atoms with Gasteiger partial charge in [0.25, 0.3) is 5.91 Å². The molecule has 1 unspecified atom stereocenters. The van der Waals surface area contributed by atoms with Gasteiger partial charge in [-0.3, -0.25) is 4.79 Å². The Morgan fingerprint density at radius 3 is 2.91 bits per heavy atom. The Morgan fingerprint density at radius 1 is 1.73 bits per heavy atom. The maximum absolute atomic E-state index is 11.1. The molecule has 1 atom stereocenters. The van der Waals surface area contributed by atoms with E-state index in [-0.39, 0.29) is 12.0 Å². The van der Waals surface area contributed by atoms with Gasteiger partial charge < -0.3 is 10.5 Å². The van der Waals surface area contributed by atoms with Gasteiger partial charge in [0.1, 0.15) is 6.10 Å². The van der Waals surface area contributed by atoms with Crippen molar-refractivity contribution in [2.75, 3.05) is 6.61 Å². The minimum atomic E-state index is -0.339. The van der Waals surface area contributed by atoms with E-state index in [1.165, 1.54) is 0 Å². The van der Waals surface area contributed by atoms with Gasteiger partial charge in [0.15, 0.2) is 0 Å². The number of hydrogen-bond acceptors (Lipinski definition) is 2. The highest BCUT2D eigenvalue weighted by Crippen LogP contribution is 2.12. The molecular formula is C7H12N2O2. The summed E-state index contributed by atoms with van der Waals surface area (Å²) in [6.07, 6.45) is 1.37. The van der Waals surface area contributed by atoms with Crippen molar-refractivity contribution in [3.63, 3.8) is 0 Å². The summed E-state index contributed by atoms with van der Waals surface area (Å²) in [6, 6.07) is 0. The highest BCUT2D eigenvalue weighted by molar-refractivity contribution is 5.94. The first kappa shape index (κ1) is 8.20. The fraction of sp³-hybridized carbons (Fsp3) is 0.714. The number of ether oxygens (including phenoxy) is 1. The number of hydrogen-bond donors (Lipinski definition) is 1. The number of rotatable bonds is 1. The van der Waals surface area contributed by atoms with Gasteiger partial charge >= 0.3 is 0 Å². The van der Waals surface area contributed by atoms with Gasteiger partial charge in [-0.15, -0.1) is 0 Å². The van der Waals surface area contributed by atoms with E-state index in [1.807, 2.05) is 0 Å². The third kappa shape index (κ3) is 2.31. The summed E-state index contributed by atoms with van der Waals surface area (Å²) in [4.78, 5) is 14.7. The number of amides is 1. The molecule has 11 heavy (non-hydrogen) atoms. The number of amidine groups is 1. The van der Waals surface area contributed by atoms with Crippen LogP contribution in [0.15, 0.2) is 4.99 Å². The number of nitrogens with two attached hydrogens (primary N) is 1. The average Bonchev–Trinajstić information content (AvgIpc) is 2.35. The van der Waals surface area contributed by atoms with Gasteiger partial charge in [-0.05, 0) is 19.8 Å². The Morgan fingerprint density at radius 2 is 2.45 bits per heavy atom. The summed E-state index contributed by atoms with van der Waals surface area (Å²) >= 11 is 0. The second kappa shape index (κ2) is 3.48. The average molecular weight is 156 g/mol. The van der Waals surface area contributed by atoms with Crippen molar-refractivity contribution < 1.29 is 9.53 Å². The van der Waals surface area contributed by atoms with Crippen LogP contribution < -0.4 is 5.73 Å². The highest BCUT2D eigenvalue weighted by Gasteiger charge is 2.22. The Labute approximate surface area is 65.4 Å². The van der Waals surface area contributed by atoms with Crippen LogP contribution in [0.25, 0.3) is 0 Å². The van der Waals surface area contributed by atoms with Crippen LogP contribution in [0.2, 0.25) is 0 Å². The van der Waals surface area contributed by atoms with Crippen molar-refractivity contribution in [3.05, 3.63) is 0 Å². The molecule has 1 aliphatic heterocycles. The summed E-state index contributed by atoms with van der Waals surface area (Å²) in [5, 5.41) is 0. The quantitative estimate of drug-likeness (QED) is 0.431. The SMILES string of the molecule is CC(N)=NC(=O)C1CCCO1. The van der Waals surface area contributed by atoms with Crippen LogP contribution in [-0.4, -0.2) is 24.5 Å². The second-order valence-corrected chi connectivity index (χ2v) is 2.59. The van der Waals surface area contributed by atoms with Gasteiger partial charge in [0.05, 0.1) is 5.84 Å². The van der Waals surface area contributed by atoms with Crippen molar-refractivity contribution in [1.82, 2.24) is 0 Å². The third-order valence-corrected chi connectivity index (χ3v) is 1.49. The van der Waals surface area contributed by atoms with Crippen molar-refractivity contribution in [2.45, 2.75) is 25.9 Å². The molecule has 2 N–H and O–H groups in total. The lowest BCUT2D eigenvalue weighted by molar-refractivity contribution is -0.126. The highest BCUT2D eigenvalue weighted by atomic mass is 16.5. The lowest BCUT2D eigenvalue weighted by atomic mass is 10.2. The molecule has 0 aliphatic carbocycles. The lowest BCUT2D eigenvalue weighted by Crippen LogP contribution is -2.20. The molecule has 62 valence electrons. The molecule has 0 saturated carbocycles. The Balaban J connectivity index is 2.47. The van der Waals surface area contributed by atoms with Crippen molar-refractivity contribution in [3.8, 4) is 0 Å². The van der Waals surface area contributed by atoms with Crippen LogP contribution in [0.4, 0.5) is 0 Å². The second-order valence-electron chi connectivity index (χ2n) is 2.59. The zero-order valence-corrected chi connectivity index (χ0v) is 6.54. The van der Waals surface area contributed by atoms with E-state index >= 15 is 0 Å². The molecule has 1 rings (SSSR count). The minimum Gasteiger partial charge on any atom is -0.387 e. The predicted octanol–water partition coefficient (Wildman–Crippen LogP) is 0.0691. The first-order valence-corrected chi connectivity index (χ1v) is 3.66. The van der Waals surface area contributed by atoms with E-state index in [0.29, 0.717) is 12.4 Å². The molecule has 1 saturated heterocycles. The monoisotopic (exact) mass is 156 g/mol. The van der Waals surface area contributed by atoms with Crippen molar-refractivity contribution in [2.24, 2.45) is 10.7 Å². The van der Waals surface area contributed by atoms with Crippen LogP contribution in [0.1, 0.15) is 19.8 Å². The molecule has 0 radical (unpaired) electrons. The maximum Gasteiger partial charge on any atom is 0.276 e. The zero-order valence-electron chi connectivity index (χ0n) is 6.54. The molecule has 0 bridgehead atoms. The third-order valence-electron chi connectivity index (χ3n) is 1.49. The first-order valence-electron chi connectivity index (χ1n) is 3.66. The van der Waals surface area contributed by atoms with E-state index in [0.717, 1.165) is 12.8 Å². The number of carbonyl (C=O) groups is 1. The largest absolute Gasteiger partial charge is 0.387 e. The van der Waals surface area contributed by atoms with Crippen LogP contribution in [0.3, 0.4) is 0 Å². The van der Waals surface area contributed by atoms with Crippen molar-refractivity contribution >= 4 is 11.7 Å². The van der Waals surface area contributed by atoms with E-state index in [9.17, 15) is 4.79 Å². The minimum absolute atomic E-state index is 0.248. The molecule has 0 aromatic rings. The van der Waals surface area contributed by atoms with E-state index < -0.39 is 0 Å². The molecule has 1 heterocycles. The van der Waals surface area contributed by atoms with Crippen LogP contribution in [0, 0.1) is 0 Å². The van der Waals surface area contributed by atoms with E-state index in [4.69, 9.17) is 10.5 Å². The molecule has 1 fully saturated rings. The summed E-state index contributed by atoms with van der Waals surface area (Å²) in [5.41, 5.74) is 5.23. The Kier molecular flexibility index (Phi) is 2.59. The summed E-state index contributed by atoms with van der Waals surface area (Å²) in [7, 11) is 0. The standard InChI is InChI=1S/C7H12N2O2/c1-5(8)9-7(10)6-3-2-4-11-6/h6H,2-4H2,1H3,(H2,8,9,10). The molecule has 1 amide bonds. The van der Waals surface area contributed by atoms with Gasteiger partial charge in [0, 0.05) is 6.61 Å². The van der Waals surface area contributed by atoms with Gasteiger partial charge in [-0.2, -0.15) is 4.99 Å². The molecule has 0 aromatic heterocycles. The maximum atomic E-state index is 11.1. The lowest BCUT2D eigenvalue weighted by Gasteiger charge is -2.02. The van der Waals surface area contributed by atoms with Crippen LogP contribution >= 0.6 is 0 Å². The van der Waals surface area contributed by atoms with E-state index in [1.54, 1.807) is 6.92 Å². The molecule has 1 aliphatic rings. The fourth-order valence-electron chi connectivity index (χ4n) is 1.02. The number of nitrogens with zero attached hydrogens (tertiary/aromatic N) is 1. The Bertz CT molecular complexity index is 179. The van der Waals surface area contributed by atoms with Crippen LogP contribution in [0.5, 0.6) is 0 Å². The van der Waals surface area contributed by atoms with Crippen LogP contribution in [-0.2, 0) is 9.53 Å². The summed E-state index contributed by atoms with van der Waals surface area (Å²) in [6.45, 7) is 2.25. The summed E-state index contributed by atoms with van der Waals surface area (Å²) in [5.74, 6) is 0.0491. The Hall–Kier alpha value is -0.900. The normalized spacial score (nSPS) is 25.5. The van der Waals surface area contributed by atoms with Gasteiger partial charge in [0.2, 0.25) is 0 Å². The molecule has 0 spiro atoms. The smallest absolute Gasteiger partial charge is 0.276 e. The van der Waals surface area contributed by atoms with E-state index in [2.05, 4.69) is 4.99 Å². The molecular weight excluding hydrogens is 144 g/mol. The molecule has 0 aromatic carbocycles. The predicted molar refractivity (Wildman–Crippen MR) is 41.3 cm³/mol. The fourth-order valence-corrected chi connectivity index (χ4v) is 1.02.